The molecule has 0 aliphatic carbocycles. The molecule has 0 aliphatic heterocycles. The molecule has 0 radical (unpaired) electrons. The van der Waals surface area contributed by atoms with Crippen LogP contribution in [0.1, 0.15) is 22.3 Å². The van der Waals surface area contributed by atoms with Crippen LogP contribution in [0.3, 0.4) is 0 Å². The minimum absolute atomic E-state index is 0.0527. The van der Waals surface area contributed by atoms with Crippen LogP contribution >= 0.6 is 31.9 Å². The van der Waals surface area contributed by atoms with Gasteiger partial charge in [0.25, 0.3) is 5.91 Å². The maximum Gasteiger partial charge on any atom is 0.266 e. The molecule has 144 valence electrons. The number of nitriles is 1. The quantitative estimate of drug-likeness (QED) is 0.309. The number of hydrogen-bond donors (Lipinski definition) is 1. The third-order valence-electron chi connectivity index (χ3n) is 4.37. The lowest BCUT2D eigenvalue weighted by Gasteiger charge is -2.08. The molecule has 29 heavy (non-hydrogen) atoms. The molecule has 0 unspecified atom stereocenters. The Labute approximate surface area is 187 Å². The van der Waals surface area contributed by atoms with Crippen LogP contribution in [0.2, 0.25) is 0 Å². The fourth-order valence-corrected chi connectivity index (χ4v) is 3.84. The Bertz CT molecular complexity index is 1130. The summed E-state index contributed by atoms with van der Waals surface area (Å²) in [5.74, 6) is -0.425. The molecule has 0 aromatic heterocycles. The highest BCUT2D eigenvalue weighted by atomic mass is 79.9. The summed E-state index contributed by atoms with van der Waals surface area (Å²) in [5.41, 5.74) is 4.85. The Morgan fingerprint density at radius 2 is 1.76 bits per heavy atom. The van der Waals surface area contributed by atoms with Crippen LogP contribution in [0.5, 0.6) is 0 Å². The van der Waals surface area contributed by atoms with Crippen molar-refractivity contribution < 1.29 is 4.79 Å². The highest BCUT2D eigenvalue weighted by Crippen LogP contribution is 2.26. The molecule has 3 nitrogen and oxygen atoms in total. The Kier molecular flexibility index (Phi) is 7.03. The molecule has 1 amide bonds. The van der Waals surface area contributed by atoms with E-state index in [4.69, 9.17) is 0 Å². The van der Waals surface area contributed by atoms with Gasteiger partial charge in [0.15, 0.2) is 0 Å². The maximum absolute atomic E-state index is 12.5. The Hall–Kier alpha value is -2.68. The zero-order chi connectivity index (χ0) is 20.8. The summed E-state index contributed by atoms with van der Waals surface area (Å²) in [6.07, 6.45) is 2.36. The van der Waals surface area contributed by atoms with Crippen molar-refractivity contribution in [3.8, 4) is 6.07 Å². The van der Waals surface area contributed by atoms with E-state index in [1.165, 1.54) is 5.56 Å². The second-order valence-electron chi connectivity index (χ2n) is 6.61. The first-order valence-corrected chi connectivity index (χ1v) is 10.6. The predicted octanol–water partition coefficient (Wildman–Crippen LogP) is 6.66. The number of nitrogens with zero attached hydrogens (tertiary/aromatic N) is 1. The van der Waals surface area contributed by atoms with E-state index in [-0.39, 0.29) is 5.57 Å². The van der Waals surface area contributed by atoms with Crippen LogP contribution < -0.4 is 5.32 Å². The molecule has 1 N–H and O–H groups in total. The molecule has 3 aromatic carbocycles. The van der Waals surface area contributed by atoms with Gasteiger partial charge in [-0.25, -0.2) is 0 Å². The summed E-state index contributed by atoms with van der Waals surface area (Å²) < 4.78 is 1.99. The van der Waals surface area contributed by atoms with Crippen molar-refractivity contribution in [3.05, 3.63) is 104 Å². The summed E-state index contributed by atoms with van der Waals surface area (Å²) in [4.78, 5) is 12.5. The Balaban J connectivity index is 1.79. The number of halogens is 2. The number of anilines is 1. The van der Waals surface area contributed by atoms with Gasteiger partial charge in [-0.3, -0.25) is 4.79 Å². The van der Waals surface area contributed by atoms with E-state index in [1.54, 1.807) is 12.1 Å². The lowest BCUT2D eigenvalue weighted by atomic mass is 10.0. The van der Waals surface area contributed by atoms with E-state index in [1.807, 2.05) is 67.6 Å². The van der Waals surface area contributed by atoms with Gasteiger partial charge in [0.1, 0.15) is 11.6 Å². The first-order valence-electron chi connectivity index (χ1n) is 8.98. The first-order chi connectivity index (χ1) is 14.0. The van der Waals surface area contributed by atoms with Crippen molar-refractivity contribution in [2.24, 2.45) is 0 Å². The number of rotatable bonds is 5. The fourth-order valence-electron chi connectivity index (χ4n) is 2.88. The van der Waals surface area contributed by atoms with Crippen molar-refractivity contribution in [2.75, 3.05) is 5.32 Å². The lowest BCUT2D eigenvalue weighted by molar-refractivity contribution is -0.112. The van der Waals surface area contributed by atoms with Gasteiger partial charge in [-0.05, 0) is 65.9 Å². The molecule has 0 fully saturated rings. The summed E-state index contributed by atoms with van der Waals surface area (Å²) >= 11 is 7.19. The standard InChI is InChI=1S/C24H18Br2N2O/c1-16-5-4-7-21(11-16)28-24(29)20(15-27)12-17-9-10-19(23(26)13-17)14-18-6-2-3-8-22(18)25/h2-13H,14H2,1H3,(H,28,29)/b20-12+. The molecule has 3 rings (SSSR count). The summed E-state index contributed by atoms with van der Waals surface area (Å²) in [5, 5.41) is 12.2. The average Bonchev–Trinajstić information content (AvgIpc) is 2.69. The van der Waals surface area contributed by atoms with E-state index < -0.39 is 5.91 Å². The van der Waals surface area contributed by atoms with E-state index in [9.17, 15) is 10.1 Å². The molecule has 0 heterocycles. The third kappa shape index (κ3) is 5.66. The predicted molar refractivity (Wildman–Crippen MR) is 124 cm³/mol. The SMILES string of the molecule is Cc1cccc(NC(=O)/C(C#N)=C/c2ccc(Cc3ccccc3Br)c(Br)c2)c1. The van der Waals surface area contributed by atoms with Gasteiger partial charge in [0.2, 0.25) is 0 Å². The van der Waals surface area contributed by atoms with Gasteiger partial charge in [0.05, 0.1) is 0 Å². The normalized spacial score (nSPS) is 11.0. The molecule has 0 atom stereocenters. The van der Waals surface area contributed by atoms with Crippen LogP contribution in [0.15, 0.2) is 81.2 Å². The van der Waals surface area contributed by atoms with Gasteiger partial charge in [-0.1, -0.05) is 74.3 Å². The number of amides is 1. The molecular weight excluding hydrogens is 492 g/mol. The summed E-state index contributed by atoms with van der Waals surface area (Å²) in [6.45, 7) is 1.95. The number of hydrogen-bond acceptors (Lipinski definition) is 2. The molecule has 0 spiro atoms. The minimum atomic E-state index is -0.425. The topological polar surface area (TPSA) is 52.9 Å². The van der Waals surface area contributed by atoms with Gasteiger partial charge < -0.3 is 5.32 Å². The summed E-state index contributed by atoms with van der Waals surface area (Å²) in [6, 6.07) is 23.4. The minimum Gasteiger partial charge on any atom is -0.321 e. The van der Waals surface area contributed by atoms with Crippen molar-refractivity contribution in [3.63, 3.8) is 0 Å². The van der Waals surface area contributed by atoms with Gasteiger partial charge >= 0.3 is 0 Å². The van der Waals surface area contributed by atoms with Gasteiger partial charge in [-0.15, -0.1) is 0 Å². The van der Waals surface area contributed by atoms with Crippen LogP contribution in [0.25, 0.3) is 6.08 Å². The van der Waals surface area contributed by atoms with E-state index >= 15 is 0 Å². The maximum atomic E-state index is 12.5. The Morgan fingerprint density at radius 3 is 2.45 bits per heavy atom. The number of benzene rings is 3. The van der Waals surface area contributed by atoms with Gasteiger partial charge in [0, 0.05) is 14.6 Å². The first kappa shape index (κ1) is 21.0. The summed E-state index contributed by atoms with van der Waals surface area (Å²) in [7, 11) is 0. The number of nitrogens with one attached hydrogen (secondary N) is 1. The zero-order valence-electron chi connectivity index (χ0n) is 15.7. The lowest BCUT2D eigenvalue weighted by Crippen LogP contribution is -2.13. The van der Waals surface area contributed by atoms with Crippen molar-refractivity contribution >= 4 is 49.5 Å². The number of carbonyl (C=O) groups excluding carboxylic acids is 1. The molecule has 0 aliphatic rings. The van der Waals surface area contributed by atoms with E-state index in [0.29, 0.717) is 5.69 Å². The van der Waals surface area contributed by atoms with Crippen LogP contribution in [-0.4, -0.2) is 5.91 Å². The Morgan fingerprint density at radius 1 is 1.00 bits per heavy atom. The monoisotopic (exact) mass is 508 g/mol. The second-order valence-corrected chi connectivity index (χ2v) is 8.32. The van der Waals surface area contributed by atoms with Crippen LogP contribution in [0, 0.1) is 18.3 Å². The van der Waals surface area contributed by atoms with Crippen LogP contribution in [0.4, 0.5) is 5.69 Å². The molecule has 0 bridgehead atoms. The van der Waals surface area contributed by atoms with Crippen molar-refractivity contribution in [1.82, 2.24) is 0 Å². The average molecular weight is 510 g/mol. The highest BCUT2D eigenvalue weighted by Gasteiger charge is 2.11. The number of aryl methyl sites for hydroxylation is 1. The van der Waals surface area contributed by atoms with Crippen LogP contribution in [-0.2, 0) is 11.2 Å². The molecular formula is C24H18Br2N2O. The number of carbonyl (C=O) groups is 1. The van der Waals surface area contributed by atoms with E-state index in [2.05, 4.69) is 43.2 Å². The smallest absolute Gasteiger partial charge is 0.266 e. The van der Waals surface area contributed by atoms with Gasteiger partial charge in [-0.2, -0.15) is 5.26 Å². The molecule has 0 saturated heterocycles. The fraction of sp³-hybridized carbons (Fsp3) is 0.0833. The molecule has 3 aromatic rings. The molecule has 0 saturated carbocycles. The second kappa shape index (κ2) is 9.69. The van der Waals surface area contributed by atoms with E-state index in [0.717, 1.165) is 32.1 Å². The van der Waals surface area contributed by atoms with Crippen molar-refractivity contribution in [1.29, 1.82) is 5.26 Å². The highest BCUT2D eigenvalue weighted by molar-refractivity contribution is 9.10. The zero-order valence-corrected chi connectivity index (χ0v) is 18.9. The molecule has 5 heteroatoms. The largest absolute Gasteiger partial charge is 0.321 e. The van der Waals surface area contributed by atoms with Crippen molar-refractivity contribution in [2.45, 2.75) is 13.3 Å². The third-order valence-corrected chi connectivity index (χ3v) is 5.88.